The number of carbonyl (C=O) groups excluding carboxylic acids is 2. The van der Waals surface area contributed by atoms with E-state index in [1.165, 1.54) is 0 Å². The third-order valence-electron chi connectivity index (χ3n) is 6.20. The first-order valence-electron chi connectivity index (χ1n) is 11.2. The zero-order valence-electron chi connectivity index (χ0n) is 19.1. The number of ether oxygens (including phenoxy) is 3. The van der Waals surface area contributed by atoms with E-state index >= 15 is 0 Å². The fraction of sp³-hybridized carbons (Fsp3) is 0.214. The Labute approximate surface area is 198 Å². The van der Waals surface area contributed by atoms with E-state index in [2.05, 4.69) is 0 Å². The summed E-state index contributed by atoms with van der Waals surface area (Å²) in [4.78, 5) is 27.7. The average molecular weight is 456 g/mol. The van der Waals surface area contributed by atoms with Crippen LogP contribution >= 0.6 is 0 Å². The van der Waals surface area contributed by atoms with Crippen LogP contribution in [0.5, 0.6) is 11.5 Å². The maximum absolute atomic E-state index is 13.3. The molecule has 3 aromatic carbocycles. The van der Waals surface area contributed by atoms with Crippen LogP contribution in [0, 0.1) is 6.92 Å². The first-order valence-corrected chi connectivity index (χ1v) is 11.2. The molecule has 172 valence electrons. The third-order valence-corrected chi connectivity index (χ3v) is 6.20. The fourth-order valence-electron chi connectivity index (χ4n) is 4.56. The van der Waals surface area contributed by atoms with Crippen LogP contribution in [0.3, 0.4) is 0 Å². The number of anilines is 1. The van der Waals surface area contributed by atoms with Gasteiger partial charge in [-0.2, -0.15) is 0 Å². The Bertz CT molecular complexity index is 1280. The molecule has 1 atom stereocenters. The van der Waals surface area contributed by atoms with Gasteiger partial charge in [0.15, 0.2) is 11.5 Å². The first kappa shape index (κ1) is 21.8. The molecule has 0 spiro atoms. The molecular weight excluding hydrogens is 430 g/mol. The largest absolute Gasteiger partial charge is 0.493 e. The van der Waals surface area contributed by atoms with Gasteiger partial charge in [0, 0.05) is 18.0 Å². The van der Waals surface area contributed by atoms with E-state index in [0.717, 1.165) is 22.4 Å². The van der Waals surface area contributed by atoms with E-state index in [1.54, 1.807) is 12.0 Å². The van der Waals surface area contributed by atoms with Crippen molar-refractivity contribution in [1.82, 2.24) is 0 Å². The summed E-state index contributed by atoms with van der Waals surface area (Å²) in [7, 11) is 1.58. The van der Waals surface area contributed by atoms with Crippen LogP contribution in [0.4, 0.5) is 5.69 Å². The Kier molecular flexibility index (Phi) is 5.80. The summed E-state index contributed by atoms with van der Waals surface area (Å²) in [5, 5.41) is 0. The number of esters is 1. The van der Waals surface area contributed by atoms with Crippen LogP contribution in [0.1, 0.15) is 29.0 Å². The van der Waals surface area contributed by atoms with Gasteiger partial charge in [0.2, 0.25) is 5.91 Å². The van der Waals surface area contributed by atoms with Gasteiger partial charge >= 0.3 is 5.97 Å². The standard InChI is InChI=1S/C28H25NO5/c1-18-7-6-10-21(13-18)29-23-17-34-28(31)27(23)22(15-26(29)30)20-11-12-24(25(14-20)32-2)33-16-19-8-4-3-5-9-19/h3-14,22H,15-17H2,1-2H3. The smallest absolute Gasteiger partial charge is 0.336 e. The number of rotatable bonds is 6. The normalized spacial score (nSPS) is 17.5. The van der Waals surface area contributed by atoms with E-state index < -0.39 is 5.92 Å². The second kappa shape index (κ2) is 9.06. The van der Waals surface area contributed by atoms with Gasteiger partial charge in [-0.1, -0.05) is 48.5 Å². The second-order valence-corrected chi connectivity index (χ2v) is 8.45. The second-order valence-electron chi connectivity index (χ2n) is 8.45. The van der Waals surface area contributed by atoms with Crippen molar-refractivity contribution in [2.75, 3.05) is 18.6 Å². The van der Waals surface area contributed by atoms with Crippen molar-refractivity contribution in [2.45, 2.75) is 25.9 Å². The van der Waals surface area contributed by atoms with Crippen LogP contribution in [-0.4, -0.2) is 25.6 Å². The fourth-order valence-corrected chi connectivity index (χ4v) is 4.56. The molecule has 0 radical (unpaired) electrons. The summed E-state index contributed by atoms with van der Waals surface area (Å²) < 4.78 is 16.9. The van der Waals surface area contributed by atoms with Gasteiger partial charge in [0.25, 0.3) is 0 Å². The molecular formula is C28H25NO5. The Morgan fingerprint density at radius 3 is 2.56 bits per heavy atom. The highest BCUT2D eigenvalue weighted by Crippen LogP contribution is 2.43. The minimum absolute atomic E-state index is 0.0731. The Morgan fingerprint density at radius 1 is 0.971 bits per heavy atom. The van der Waals surface area contributed by atoms with Crippen molar-refractivity contribution in [3.63, 3.8) is 0 Å². The van der Waals surface area contributed by atoms with E-state index in [4.69, 9.17) is 14.2 Å². The molecule has 2 heterocycles. The van der Waals surface area contributed by atoms with Crippen molar-refractivity contribution in [3.8, 4) is 11.5 Å². The van der Waals surface area contributed by atoms with Crippen molar-refractivity contribution in [2.24, 2.45) is 0 Å². The maximum Gasteiger partial charge on any atom is 0.336 e. The van der Waals surface area contributed by atoms with Crippen molar-refractivity contribution < 1.29 is 23.8 Å². The molecule has 0 bridgehead atoms. The number of carbonyl (C=O) groups is 2. The minimum Gasteiger partial charge on any atom is -0.493 e. The van der Waals surface area contributed by atoms with Crippen LogP contribution in [0.2, 0.25) is 0 Å². The lowest BCUT2D eigenvalue weighted by Crippen LogP contribution is -2.37. The van der Waals surface area contributed by atoms with Gasteiger partial charge < -0.3 is 14.2 Å². The Balaban J connectivity index is 1.47. The molecule has 0 N–H and O–H groups in total. The predicted molar refractivity (Wildman–Crippen MR) is 128 cm³/mol. The van der Waals surface area contributed by atoms with Gasteiger partial charge in [-0.15, -0.1) is 0 Å². The number of methoxy groups -OCH3 is 1. The van der Waals surface area contributed by atoms with Gasteiger partial charge in [0.05, 0.1) is 18.4 Å². The van der Waals surface area contributed by atoms with E-state index in [1.807, 2.05) is 79.7 Å². The van der Waals surface area contributed by atoms with Crippen molar-refractivity contribution >= 4 is 17.6 Å². The molecule has 2 aliphatic rings. The topological polar surface area (TPSA) is 65.1 Å². The van der Waals surface area contributed by atoms with Gasteiger partial charge in [-0.25, -0.2) is 4.79 Å². The average Bonchev–Trinajstić information content (AvgIpc) is 3.23. The number of aryl methyl sites for hydroxylation is 1. The van der Waals surface area contributed by atoms with Gasteiger partial charge in [0.1, 0.15) is 13.2 Å². The first-order chi connectivity index (χ1) is 16.5. The highest BCUT2D eigenvalue weighted by molar-refractivity contribution is 6.06. The SMILES string of the molecule is COc1cc(C2CC(=O)N(c3cccc(C)c3)C3=C2C(=O)OC3)ccc1OCc1ccccc1. The summed E-state index contributed by atoms with van der Waals surface area (Å²) in [5.74, 6) is 0.289. The van der Waals surface area contributed by atoms with Crippen molar-refractivity contribution in [1.29, 1.82) is 0 Å². The lowest BCUT2D eigenvalue weighted by Gasteiger charge is -2.32. The van der Waals surface area contributed by atoms with Crippen LogP contribution < -0.4 is 14.4 Å². The maximum atomic E-state index is 13.3. The molecule has 1 unspecified atom stereocenters. The Morgan fingerprint density at radius 2 is 1.79 bits per heavy atom. The number of cyclic esters (lactones) is 1. The molecule has 0 aromatic heterocycles. The van der Waals surface area contributed by atoms with Crippen LogP contribution in [0.15, 0.2) is 84.1 Å². The number of amides is 1. The number of hydrogen-bond acceptors (Lipinski definition) is 5. The number of hydrogen-bond donors (Lipinski definition) is 0. The zero-order valence-corrected chi connectivity index (χ0v) is 19.1. The van der Waals surface area contributed by atoms with Gasteiger partial charge in [-0.05, 0) is 47.9 Å². The summed E-state index contributed by atoms with van der Waals surface area (Å²) in [6.07, 6.45) is 0.162. The molecule has 5 rings (SSSR count). The molecule has 0 saturated heterocycles. The van der Waals surface area contributed by atoms with Gasteiger partial charge in [-0.3, -0.25) is 9.69 Å². The monoisotopic (exact) mass is 455 g/mol. The lowest BCUT2D eigenvalue weighted by molar-refractivity contribution is -0.136. The molecule has 6 heteroatoms. The van der Waals surface area contributed by atoms with Crippen LogP contribution in [-0.2, 0) is 20.9 Å². The molecule has 0 saturated carbocycles. The molecule has 0 aliphatic carbocycles. The lowest BCUT2D eigenvalue weighted by atomic mass is 9.84. The minimum atomic E-state index is -0.407. The highest BCUT2D eigenvalue weighted by Gasteiger charge is 2.43. The Hall–Kier alpha value is -4.06. The number of benzene rings is 3. The molecule has 34 heavy (non-hydrogen) atoms. The summed E-state index contributed by atoms with van der Waals surface area (Å²) >= 11 is 0. The highest BCUT2D eigenvalue weighted by atomic mass is 16.5. The molecule has 1 amide bonds. The third kappa shape index (κ3) is 4.03. The quantitative estimate of drug-likeness (QED) is 0.494. The zero-order chi connectivity index (χ0) is 23.7. The summed E-state index contributed by atoms with van der Waals surface area (Å²) in [6.45, 7) is 2.46. The molecule has 0 fully saturated rings. The predicted octanol–water partition coefficient (Wildman–Crippen LogP) is 4.91. The van der Waals surface area contributed by atoms with Crippen molar-refractivity contribution in [3.05, 3.63) is 101 Å². The molecule has 3 aromatic rings. The van der Waals surface area contributed by atoms with Crippen LogP contribution in [0.25, 0.3) is 0 Å². The summed E-state index contributed by atoms with van der Waals surface area (Å²) in [5.41, 5.74) is 4.78. The van der Waals surface area contributed by atoms with E-state index in [0.29, 0.717) is 29.4 Å². The number of nitrogens with zero attached hydrogens (tertiary/aromatic N) is 1. The van der Waals surface area contributed by atoms with E-state index in [-0.39, 0.29) is 24.9 Å². The summed E-state index contributed by atoms with van der Waals surface area (Å²) in [6, 6.07) is 23.1. The molecule has 2 aliphatic heterocycles. The van der Waals surface area contributed by atoms with E-state index in [9.17, 15) is 9.59 Å². The molecule has 6 nitrogen and oxygen atoms in total.